The van der Waals surface area contributed by atoms with Crippen LogP contribution in [0.15, 0.2) is 42.5 Å². The van der Waals surface area contributed by atoms with E-state index in [0.717, 1.165) is 17.0 Å². The Morgan fingerprint density at radius 2 is 1.50 bits per heavy atom. The maximum Gasteiger partial charge on any atom is 0.0450 e. The first-order valence-electron chi connectivity index (χ1n) is 13.1. The Bertz CT molecular complexity index is 860. The number of hydrogen-bond acceptors (Lipinski definition) is 0. The molecule has 1 saturated carbocycles. The van der Waals surface area contributed by atoms with E-state index in [4.69, 9.17) is 11.6 Å². The van der Waals surface area contributed by atoms with Crippen molar-refractivity contribution >= 4 is 11.6 Å². The lowest BCUT2D eigenvalue weighted by Gasteiger charge is -2.26. The molecule has 0 aromatic heterocycles. The molecule has 0 atom stereocenters. The molecule has 1 heteroatoms. The van der Waals surface area contributed by atoms with Gasteiger partial charge in [0.25, 0.3) is 0 Å². The fourth-order valence-corrected chi connectivity index (χ4v) is 5.12. The number of aryl methyl sites for hydroxylation is 2. The van der Waals surface area contributed by atoms with Crippen LogP contribution in [0.25, 0.3) is 0 Å². The number of unbranched alkanes of at least 4 members (excludes halogenated alkanes) is 5. The van der Waals surface area contributed by atoms with Gasteiger partial charge in [0.05, 0.1) is 0 Å². The normalized spacial score (nSPS) is 18.2. The van der Waals surface area contributed by atoms with Gasteiger partial charge in [-0.2, -0.15) is 0 Å². The molecule has 0 aliphatic heterocycles. The molecule has 0 saturated heterocycles. The summed E-state index contributed by atoms with van der Waals surface area (Å²) in [6.07, 6.45) is 16.4. The Morgan fingerprint density at radius 3 is 2.19 bits per heavy atom. The summed E-state index contributed by atoms with van der Waals surface area (Å²) in [7, 11) is 0. The van der Waals surface area contributed by atoms with Crippen LogP contribution in [0, 0.1) is 17.8 Å². The molecule has 3 rings (SSSR count). The number of benzene rings is 2. The second kappa shape index (κ2) is 13.7. The molecule has 0 nitrogen and oxygen atoms in total. The first kappa shape index (κ1) is 24.9. The largest absolute Gasteiger partial charge is 0.0945 e. The molecule has 2 aromatic carbocycles. The topological polar surface area (TPSA) is 0 Å². The number of rotatable bonds is 10. The minimum absolute atomic E-state index is 0.521. The van der Waals surface area contributed by atoms with Gasteiger partial charge in [-0.1, -0.05) is 99.7 Å². The molecule has 172 valence electrons. The van der Waals surface area contributed by atoms with Crippen molar-refractivity contribution in [1.82, 2.24) is 0 Å². The monoisotopic (exact) mass is 448 g/mol. The Morgan fingerprint density at radius 1 is 0.781 bits per heavy atom. The smallest absolute Gasteiger partial charge is 0.0450 e. The van der Waals surface area contributed by atoms with Crippen LogP contribution in [-0.2, 0) is 12.8 Å². The van der Waals surface area contributed by atoms with Gasteiger partial charge in [0.2, 0.25) is 0 Å². The van der Waals surface area contributed by atoms with E-state index in [-0.39, 0.29) is 0 Å². The van der Waals surface area contributed by atoms with Crippen molar-refractivity contribution in [2.24, 2.45) is 5.92 Å². The van der Waals surface area contributed by atoms with Crippen LogP contribution >= 0.6 is 11.6 Å². The van der Waals surface area contributed by atoms with Crippen molar-refractivity contribution in [3.63, 3.8) is 0 Å². The van der Waals surface area contributed by atoms with E-state index in [2.05, 4.69) is 68.2 Å². The van der Waals surface area contributed by atoms with Crippen molar-refractivity contribution < 1.29 is 0 Å². The second-order valence-corrected chi connectivity index (χ2v) is 10.0. The summed E-state index contributed by atoms with van der Waals surface area (Å²) in [5, 5.41) is 0.873. The zero-order valence-corrected chi connectivity index (χ0v) is 21.0. The summed E-state index contributed by atoms with van der Waals surface area (Å²) < 4.78 is 0. The molecule has 2 aromatic rings. The van der Waals surface area contributed by atoms with Crippen LogP contribution < -0.4 is 0 Å². The molecular weight excluding hydrogens is 408 g/mol. The van der Waals surface area contributed by atoms with E-state index in [9.17, 15) is 0 Å². The Hall–Kier alpha value is -1.71. The van der Waals surface area contributed by atoms with Crippen molar-refractivity contribution in [2.75, 3.05) is 0 Å². The molecule has 0 N–H and O–H groups in total. The first-order valence-corrected chi connectivity index (χ1v) is 13.5. The molecule has 32 heavy (non-hydrogen) atoms. The van der Waals surface area contributed by atoms with E-state index >= 15 is 0 Å². The third-order valence-electron chi connectivity index (χ3n) is 7.02. The zero-order valence-electron chi connectivity index (χ0n) is 20.3. The number of hydrogen-bond donors (Lipinski definition) is 0. The predicted octanol–water partition coefficient (Wildman–Crippen LogP) is 9.52. The van der Waals surface area contributed by atoms with Gasteiger partial charge in [-0.3, -0.25) is 0 Å². The van der Waals surface area contributed by atoms with E-state index in [1.165, 1.54) is 93.7 Å². The summed E-state index contributed by atoms with van der Waals surface area (Å²) in [4.78, 5) is 0. The highest BCUT2D eigenvalue weighted by Crippen LogP contribution is 2.35. The quantitative estimate of drug-likeness (QED) is 0.250. The Balaban J connectivity index is 1.45. The fraction of sp³-hybridized carbons (Fsp3) is 0.548. The highest BCUT2D eigenvalue weighted by atomic mass is 35.5. The molecule has 0 unspecified atom stereocenters. The molecule has 1 aliphatic carbocycles. The summed E-state index contributed by atoms with van der Waals surface area (Å²) >= 11 is 6.46. The maximum atomic E-state index is 6.46. The van der Waals surface area contributed by atoms with Gasteiger partial charge < -0.3 is 0 Å². The van der Waals surface area contributed by atoms with Crippen LogP contribution in [0.2, 0.25) is 5.02 Å². The zero-order chi connectivity index (χ0) is 22.6. The van der Waals surface area contributed by atoms with Crippen molar-refractivity contribution in [1.29, 1.82) is 0 Å². The molecule has 1 fully saturated rings. The SMILES string of the molecule is CCCCCCCc1ccc([C@H]2CC[C@H](C#Cc3ccc(CCCC)c(Cl)c3)CC2)cc1. The van der Waals surface area contributed by atoms with Crippen molar-refractivity contribution in [2.45, 2.75) is 103 Å². The average Bonchev–Trinajstić information content (AvgIpc) is 2.83. The molecule has 1 aliphatic rings. The van der Waals surface area contributed by atoms with Gasteiger partial charge in [-0.25, -0.2) is 0 Å². The van der Waals surface area contributed by atoms with Gasteiger partial charge in [-0.15, -0.1) is 0 Å². The molecular formula is C31H41Cl. The van der Waals surface area contributed by atoms with Crippen LogP contribution in [-0.4, -0.2) is 0 Å². The summed E-state index contributed by atoms with van der Waals surface area (Å²) in [6.45, 7) is 4.50. The molecule has 0 amide bonds. The standard InChI is InChI=1S/C31H41Cl/c1-3-5-7-8-9-10-25-14-19-28(20-15-25)29-21-16-26(17-22-29)12-13-27-18-23-30(11-6-4-2)31(32)24-27/h14-15,18-20,23-24,26,29H,3-11,16-17,21-22H2,1-2H3/t26-,29-. The first-order chi connectivity index (χ1) is 15.7. The highest BCUT2D eigenvalue weighted by molar-refractivity contribution is 6.31. The van der Waals surface area contributed by atoms with Gasteiger partial charge >= 0.3 is 0 Å². The van der Waals surface area contributed by atoms with E-state index in [0.29, 0.717) is 11.8 Å². The van der Waals surface area contributed by atoms with Crippen LogP contribution in [0.1, 0.15) is 113 Å². The van der Waals surface area contributed by atoms with Crippen LogP contribution in [0.3, 0.4) is 0 Å². The predicted molar refractivity (Wildman–Crippen MR) is 141 cm³/mol. The lowest BCUT2D eigenvalue weighted by atomic mass is 9.78. The van der Waals surface area contributed by atoms with E-state index in [1.807, 2.05) is 0 Å². The van der Waals surface area contributed by atoms with Crippen LogP contribution in [0.5, 0.6) is 0 Å². The Labute approximate surface area is 202 Å². The molecule has 0 bridgehead atoms. The van der Waals surface area contributed by atoms with Crippen molar-refractivity contribution in [3.05, 3.63) is 69.7 Å². The third-order valence-corrected chi connectivity index (χ3v) is 7.37. The molecule has 0 heterocycles. The van der Waals surface area contributed by atoms with E-state index < -0.39 is 0 Å². The summed E-state index contributed by atoms with van der Waals surface area (Å²) in [6, 6.07) is 15.9. The van der Waals surface area contributed by atoms with Gasteiger partial charge in [0, 0.05) is 16.5 Å². The van der Waals surface area contributed by atoms with Gasteiger partial charge in [0.1, 0.15) is 0 Å². The van der Waals surface area contributed by atoms with Crippen molar-refractivity contribution in [3.8, 4) is 11.8 Å². The lowest BCUT2D eigenvalue weighted by molar-refractivity contribution is 0.384. The molecule has 0 spiro atoms. The lowest BCUT2D eigenvalue weighted by Crippen LogP contribution is -2.12. The minimum Gasteiger partial charge on any atom is -0.0945 e. The maximum absolute atomic E-state index is 6.46. The molecule has 0 radical (unpaired) electrons. The summed E-state index contributed by atoms with van der Waals surface area (Å²) in [5.74, 6) is 8.16. The average molecular weight is 449 g/mol. The highest BCUT2D eigenvalue weighted by Gasteiger charge is 2.21. The van der Waals surface area contributed by atoms with E-state index in [1.54, 1.807) is 0 Å². The van der Waals surface area contributed by atoms with Gasteiger partial charge in [0.15, 0.2) is 0 Å². The Kier molecular flexibility index (Phi) is 10.7. The third kappa shape index (κ3) is 8.01. The van der Waals surface area contributed by atoms with Crippen LogP contribution in [0.4, 0.5) is 0 Å². The fourth-order valence-electron chi connectivity index (χ4n) is 4.84. The minimum atomic E-state index is 0.521. The number of halogens is 1. The van der Waals surface area contributed by atoms with Gasteiger partial charge in [-0.05, 0) is 86.1 Å². The second-order valence-electron chi connectivity index (χ2n) is 9.63. The summed E-state index contributed by atoms with van der Waals surface area (Å²) in [5.41, 5.74) is 5.34.